The first-order chi connectivity index (χ1) is 6.34. The molecule has 1 saturated carbocycles. The Morgan fingerprint density at radius 3 is 2.69 bits per heavy atom. The van der Waals surface area contributed by atoms with Crippen molar-refractivity contribution >= 4 is 28.3 Å². The SMILES string of the molecule is Clc1nsc(NC2CCCCC2)n1. The van der Waals surface area contributed by atoms with E-state index in [0.717, 1.165) is 5.13 Å². The highest BCUT2D eigenvalue weighted by Crippen LogP contribution is 2.23. The van der Waals surface area contributed by atoms with Crippen LogP contribution in [0.4, 0.5) is 5.13 Å². The number of hydrogen-bond acceptors (Lipinski definition) is 4. The molecule has 3 nitrogen and oxygen atoms in total. The van der Waals surface area contributed by atoms with Gasteiger partial charge < -0.3 is 5.32 Å². The Balaban J connectivity index is 1.89. The Labute approximate surface area is 86.7 Å². The summed E-state index contributed by atoms with van der Waals surface area (Å²) in [6.07, 6.45) is 6.51. The fourth-order valence-electron chi connectivity index (χ4n) is 1.69. The van der Waals surface area contributed by atoms with Gasteiger partial charge in [0.2, 0.25) is 10.4 Å². The third-order valence-electron chi connectivity index (χ3n) is 2.33. The number of rotatable bonds is 2. The Kier molecular flexibility index (Phi) is 3.01. The molecule has 0 amide bonds. The molecule has 1 heterocycles. The molecule has 5 heteroatoms. The topological polar surface area (TPSA) is 37.8 Å². The van der Waals surface area contributed by atoms with Crippen molar-refractivity contribution in [2.45, 2.75) is 38.1 Å². The van der Waals surface area contributed by atoms with Crippen LogP contribution >= 0.6 is 23.1 Å². The van der Waals surface area contributed by atoms with Crippen LogP contribution in [-0.2, 0) is 0 Å². The average molecular weight is 218 g/mol. The molecule has 72 valence electrons. The molecule has 1 aromatic rings. The molecule has 0 unspecified atom stereocenters. The molecular formula is C8H12ClN3S. The smallest absolute Gasteiger partial charge is 0.236 e. The third-order valence-corrected chi connectivity index (χ3v) is 3.25. The Morgan fingerprint density at radius 2 is 2.08 bits per heavy atom. The normalized spacial score (nSPS) is 18.8. The van der Waals surface area contributed by atoms with Crippen molar-refractivity contribution in [2.75, 3.05) is 5.32 Å². The number of halogens is 1. The monoisotopic (exact) mass is 217 g/mol. The average Bonchev–Trinajstić information content (AvgIpc) is 2.53. The van der Waals surface area contributed by atoms with Gasteiger partial charge in [0.1, 0.15) is 0 Å². The van der Waals surface area contributed by atoms with Crippen molar-refractivity contribution < 1.29 is 0 Å². The lowest BCUT2D eigenvalue weighted by Crippen LogP contribution is -2.21. The molecule has 1 fully saturated rings. The molecule has 1 aromatic heterocycles. The molecule has 13 heavy (non-hydrogen) atoms. The van der Waals surface area contributed by atoms with Crippen LogP contribution in [0.3, 0.4) is 0 Å². The number of nitrogens with one attached hydrogen (secondary N) is 1. The number of anilines is 1. The molecule has 0 spiro atoms. The highest BCUT2D eigenvalue weighted by atomic mass is 35.5. The number of hydrogen-bond donors (Lipinski definition) is 1. The second kappa shape index (κ2) is 4.24. The summed E-state index contributed by atoms with van der Waals surface area (Å²) in [5, 5.41) is 4.57. The Bertz CT molecular complexity index is 270. The molecule has 0 aliphatic heterocycles. The quantitative estimate of drug-likeness (QED) is 0.828. The van der Waals surface area contributed by atoms with Crippen molar-refractivity contribution in [1.29, 1.82) is 0 Å². The van der Waals surface area contributed by atoms with Crippen LogP contribution in [0.15, 0.2) is 0 Å². The van der Waals surface area contributed by atoms with Crippen LogP contribution in [0.2, 0.25) is 5.28 Å². The maximum Gasteiger partial charge on any atom is 0.236 e. The van der Waals surface area contributed by atoms with E-state index in [-0.39, 0.29) is 0 Å². The van der Waals surface area contributed by atoms with Gasteiger partial charge in [-0.25, -0.2) is 0 Å². The predicted octanol–water partition coefficient (Wildman–Crippen LogP) is 2.94. The number of nitrogens with zero attached hydrogens (tertiary/aromatic N) is 2. The fourth-order valence-corrected chi connectivity index (χ4v) is 2.47. The first kappa shape index (κ1) is 9.21. The molecule has 1 N–H and O–H groups in total. The van der Waals surface area contributed by atoms with Gasteiger partial charge in [-0.3, -0.25) is 0 Å². The first-order valence-corrected chi connectivity index (χ1v) is 5.75. The van der Waals surface area contributed by atoms with E-state index in [9.17, 15) is 0 Å². The van der Waals surface area contributed by atoms with Crippen LogP contribution in [0.25, 0.3) is 0 Å². The van der Waals surface area contributed by atoms with Crippen molar-refractivity contribution in [1.82, 2.24) is 9.36 Å². The van der Waals surface area contributed by atoms with Crippen LogP contribution in [0.5, 0.6) is 0 Å². The van der Waals surface area contributed by atoms with E-state index in [4.69, 9.17) is 11.6 Å². The van der Waals surface area contributed by atoms with Gasteiger partial charge in [0.15, 0.2) is 0 Å². The summed E-state index contributed by atoms with van der Waals surface area (Å²) >= 11 is 6.97. The van der Waals surface area contributed by atoms with Crippen LogP contribution in [0.1, 0.15) is 32.1 Å². The minimum atomic E-state index is 0.350. The zero-order valence-electron chi connectivity index (χ0n) is 7.29. The van der Waals surface area contributed by atoms with E-state index in [2.05, 4.69) is 14.7 Å². The largest absolute Gasteiger partial charge is 0.358 e. The Morgan fingerprint density at radius 1 is 1.31 bits per heavy atom. The third kappa shape index (κ3) is 2.54. The molecule has 1 aliphatic rings. The first-order valence-electron chi connectivity index (χ1n) is 4.60. The van der Waals surface area contributed by atoms with Crippen molar-refractivity contribution in [3.63, 3.8) is 0 Å². The standard InChI is InChI=1S/C8H12ClN3S/c9-7-11-8(13-12-7)10-6-4-2-1-3-5-6/h6H,1-5H2,(H,10,11,12). The zero-order chi connectivity index (χ0) is 9.10. The lowest BCUT2D eigenvalue weighted by atomic mass is 9.96. The molecule has 0 saturated heterocycles. The lowest BCUT2D eigenvalue weighted by molar-refractivity contribution is 0.462. The summed E-state index contributed by atoms with van der Waals surface area (Å²) in [5.41, 5.74) is 0. The number of aromatic nitrogens is 2. The molecule has 0 bridgehead atoms. The summed E-state index contributed by atoms with van der Waals surface area (Å²) in [6, 6.07) is 0.581. The van der Waals surface area contributed by atoms with Crippen molar-refractivity contribution in [3.8, 4) is 0 Å². The zero-order valence-corrected chi connectivity index (χ0v) is 8.87. The molecular weight excluding hydrogens is 206 g/mol. The van der Waals surface area contributed by atoms with Gasteiger partial charge in [-0.05, 0) is 24.4 Å². The maximum absolute atomic E-state index is 5.63. The summed E-state index contributed by atoms with van der Waals surface area (Å²) in [6.45, 7) is 0. The van der Waals surface area contributed by atoms with Gasteiger partial charge >= 0.3 is 0 Å². The summed E-state index contributed by atoms with van der Waals surface area (Å²) in [5.74, 6) is 0. The van der Waals surface area contributed by atoms with E-state index in [1.807, 2.05) is 0 Å². The Hall–Kier alpha value is -0.350. The van der Waals surface area contributed by atoms with Gasteiger partial charge in [0.25, 0.3) is 0 Å². The van der Waals surface area contributed by atoms with Crippen LogP contribution in [0, 0.1) is 0 Å². The molecule has 0 atom stereocenters. The summed E-state index contributed by atoms with van der Waals surface area (Å²) < 4.78 is 3.92. The lowest BCUT2D eigenvalue weighted by Gasteiger charge is -2.21. The minimum Gasteiger partial charge on any atom is -0.358 e. The highest BCUT2D eigenvalue weighted by molar-refractivity contribution is 7.09. The van der Waals surface area contributed by atoms with Gasteiger partial charge in [-0.2, -0.15) is 9.36 Å². The molecule has 0 radical (unpaired) electrons. The van der Waals surface area contributed by atoms with Gasteiger partial charge in [0, 0.05) is 17.6 Å². The second-order valence-corrected chi connectivity index (χ2v) is 4.44. The van der Waals surface area contributed by atoms with E-state index in [0.29, 0.717) is 11.3 Å². The van der Waals surface area contributed by atoms with Crippen LogP contribution in [-0.4, -0.2) is 15.4 Å². The van der Waals surface area contributed by atoms with E-state index >= 15 is 0 Å². The van der Waals surface area contributed by atoms with Gasteiger partial charge in [-0.1, -0.05) is 19.3 Å². The van der Waals surface area contributed by atoms with Crippen LogP contribution < -0.4 is 5.32 Å². The minimum absolute atomic E-state index is 0.350. The van der Waals surface area contributed by atoms with Gasteiger partial charge in [0.05, 0.1) is 0 Å². The molecule has 1 aliphatic carbocycles. The van der Waals surface area contributed by atoms with Crippen molar-refractivity contribution in [2.24, 2.45) is 0 Å². The highest BCUT2D eigenvalue weighted by Gasteiger charge is 2.14. The summed E-state index contributed by atoms with van der Waals surface area (Å²) in [7, 11) is 0. The predicted molar refractivity (Wildman–Crippen MR) is 55.4 cm³/mol. The maximum atomic E-state index is 5.63. The molecule has 0 aromatic carbocycles. The van der Waals surface area contributed by atoms with E-state index in [1.165, 1.54) is 43.6 Å². The fraction of sp³-hybridized carbons (Fsp3) is 0.750. The van der Waals surface area contributed by atoms with Crippen molar-refractivity contribution in [3.05, 3.63) is 5.28 Å². The van der Waals surface area contributed by atoms with Gasteiger partial charge in [-0.15, -0.1) is 0 Å². The van der Waals surface area contributed by atoms with E-state index < -0.39 is 0 Å². The second-order valence-electron chi connectivity index (χ2n) is 3.35. The molecule has 2 rings (SSSR count). The van der Waals surface area contributed by atoms with E-state index in [1.54, 1.807) is 0 Å². The summed E-state index contributed by atoms with van der Waals surface area (Å²) in [4.78, 5) is 4.07.